The van der Waals surface area contributed by atoms with Crippen molar-refractivity contribution in [3.63, 3.8) is 0 Å². The Hall–Kier alpha value is -2.15. The summed E-state index contributed by atoms with van der Waals surface area (Å²) in [6.07, 6.45) is -0.353. The van der Waals surface area contributed by atoms with E-state index in [-0.39, 0.29) is 25.3 Å². The lowest BCUT2D eigenvalue weighted by molar-refractivity contribution is -0.110. The first-order valence-electron chi connectivity index (χ1n) is 6.66. The zero-order valence-corrected chi connectivity index (χ0v) is 11.8. The Labute approximate surface area is 122 Å². The summed E-state index contributed by atoms with van der Waals surface area (Å²) in [5, 5.41) is 12.3. The number of likely N-dealkylation sites (N-methyl/N-ethyl adjacent to an activating group) is 1. The minimum absolute atomic E-state index is 0.0294. The number of piperazine rings is 1. The monoisotopic (exact) mass is 295 g/mol. The van der Waals surface area contributed by atoms with Crippen molar-refractivity contribution in [2.45, 2.75) is 12.1 Å². The molecule has 2 N–H and O–H groups in total. The van der Waals surface area contributed by atoms with E-state index in [1.807, 2.05) is 4.90 Å². The van der Waals surface area contributed by atoms with Gasteiger partial charge in [-0.2, -0.15) is 0 Å². The molecule has 1 aliphatic rings. The van der Waals surface area contributed by atoms with Gasteiger partial charge in [0.25, 0.3) is 0 Å². The summed E-state index contributed by atoms with van der Waals surface area (Å²) in [7, 11) is 1.62. The topological polar surface area (TPSA) is 72.9 Å². The molecule has 1 unspecified atom stereocenters. The van der Waals surface area contributed by atoms with Crippen LogP contribution in [-0.4, -0.2) is 54.7 Å². The van der Waals surface area contributed by atoms with Gasteiger partial charge < -0.3 is 14.8 Å². The Morgan fingerprint density at radius 3 is 2.86 bits per heavy atom. The highest BCUT2D eigenvalue weighted by molar-refractivity contribution is 5.68. The lowest BCUT2D eigenvalue weighted by Crippen LogP contribution is -2.70. The Balaban J connectivity index is 2.30. The van der Waals surface area contributed by atoms with Gasteiger partial charge in [0.05, 0.1) is 6.54 Å². The Morgan fingerprint density at radius 1 is 1.52 bits per heavy atom. The lowest BCUT2D eigenvalue weighted by Gasteiger charge is -2.49. The zero-order chi connectivity index (χ0) is 15.5. The van der Waals surface area contributed by atoms with Crippen molar-refractivity contribution in [1.29, 1.82) is 0 Å². The molecule has 1 atom stereocenters. The molecule has 0 radical (unpaired) electrons. The number of rotatable bonds is 4. The van der Waals surface area contributed by atoms with Crippen LogP contribution in [0.5, 0.6) is 0 Å². The van der Waals surface area contributed by atoms with Crippen LogP contribution < -0.4 is 10.2 Å². The van der Waals surface area contributed by atoms with Gasteiger partial charge in [0.1, 0.15) is 17.8 Å². The summed E-state index contributed by atoms with van der Waals surface area (Å²) in [5.41, 5.74) is -0.330. The Morgan fingerprint density at radius 2 is 2.29 bits per heavy atom. The van der Waals surface area contributed by atoms with Gasteiger partial charge in [-0.1, -0.05) is 6.07 Å². The van der Waals surface area contributed by atoms with E-state index in [1.54, 1.807) is 19.2 Å². The second-order valence-corrected chi connectivity index (χ2v) is 4.99. The quantitative estimate of drug-likeness (QED) is 0.815. The van der Waals surface area contributed by atoms with Gasteiger partial charge >= 0.3 is 6.09 Å². The molecule has 1 aromatic rings. The summed E-state index contributed by atoms with van der Waals surface area (Å²) in [4.78, 5) is 25.5. The fraction of sp³-hybridized carbons (Fsp3) is 0.429. The second kappa shape index (κ2) is 6.09. The minimum atomic E-state index is -1.08. The van der Waals surface area contributed by atoms with Crippen LogP contribution >= 0.6 is 0 Å². The Kier molecular flexibility index (Phi) is 4.42. The molecule has 1 amide bonds. The average molecular weight is 295 g/mol. The summed E-state index contributed by atoms with van der Waals surface area (Å²) >= 11 is 0. The van der Waals surface area contributed by atoms with E-state index in [9.17, 15) is 19.1 Å². The van der Waals surface area contributed by atoms with E-state index in [4.69, 9.17) is 0 Å². The molecule has 6 nitrogen and oxygen atoms in total. The lowest BCUT2D eigenvalue weighted by atomic mass is 10.0. The number of carbonyl (C=O) groups is 2. The molecule has 21 heavy (non-hydrogen) atoms. The molecule has 0 saturated carbocycles. The number of anilines is 1. The van der Waals surface area contributed by atoms with Crippen LogP contribution in [0, 0.1) is 5.82 Å². The van der Waals surface area contributed by atoms with Crippen molar-refractivity contribution in [1.82, 2.24) is 10.2 Å². The molecular weight excluding hydrogens is 277 g/mol. The van der Waals surface area contributed by atoms with Crippen LogP contribution in [0.3, 0.4) is 0 Å². The maximum Gasteiger partial charge on any atom is 0.408 e. The van der Waals surface area contributed by atoms with Crippen molar-refractivity contribution < 1.29 is 19.1 Å². The van der Waals surface area contributed by atoms with Gasteiger partial charge in [-0.25, -0.2) is 9.18 Å². The van der Waals surface area contributed by atoms with E-state index >= 15 is 0 Å². The van der Waals surface area contributed by atoms with Gasteiger partial charge in [-0.05, 0) is 25.2 Å². The number of nitrogens with one attached hydrogen (secondary N) is 1. The van der Waals surface area contributed by atoms with Crippen molar-refractivity contribution in [2.24, 2.45) is 0 Å². The zero-order valence-electron chi connectivity index (χ0n) is 11.8. The van der Waals surface area contributed by atoms with Crippen LogP contribution in [0.2, 0.25) is 0 Å². The maximum absolute atomic E-state index is 13.3. The van der Waals surface area contributed by atoms with E-state index in [0.29, 0.717) is 18.5 Å². The standard InChI is InChI=1S/C14H18FN3O3/c1-16-14(5-8-19)10-17(6-7-18(14)13(20)21)12-4-2-3-11(15)9-12/h2-4,8-9,16H,5-7,10H2,1H3,(H,20,21). The fourth-order valence-corrected chi connectivity index (χ4v) is 2.72. The normalized spacial score (nSPS) is 22.2. The molecule has 1 fully saturated rings. The third kappa shape index (κ3) is 2.97. The predicted molar refractivity (Wildman–Crippen MR) is 75.8 cm³/mol. The van der Waals surface area contributed by atoms with Gasteiger partial charge in [-0.3, -0.25) is 10.2 Å². The molecule has 114 valence electrons. The highest BCUT2D eigenvalue weighted by Gasteiger charge is 2.43. The van der Waals surface area contributed by atoms with Crippen LogP contribution in [0.15, 0.2) is 24.3 Å². The summed E-state index contributed by atoms with van der Waals surface area (Å²) in [6.45, 7) is 0.955. The number of benzene rings is 1. The molecule has 0 spiro atoms. The largest absolute Gasteiger partial charge is 0.465 e. The molecule has 1 saturated heterocycles. The van der Waals surface area contributed by atoms with Gasteiger partial charge in [0.2, 0.25) is 0 Å². The van der Waals surface area contributed by atoms with Gasteiger partial charge in [-0.15, -0.1) is 0 Å². The highest BCUT2D eigenvalue weighted by Crippen LogP contribution is 2.26. The fourth-order valence-electron chi connectivity index (χ4n) is 2.72. The van der Waals surface area contributed by atoms with E-state index < -0.39 is 11.8 Å². The third-order valence-electron chi connectivity index (χ3n) is 3.85. The van der Waals surface area contributed by atoms with E-state index in [0.717, 1.165) is 0 Å². The first kappa shape index (κ1) is 15.2. The first-order valence-corrected chi connectivity index (χ1v) is 6.66. The number of halogens is 1. The number of nitrogens with zero attached hydrogens (tertiary/aromatic N) is 2. The van der Waals surface area contributed by atoms with Crippen molar-refractivity contribution in [3.05, 3.63) is 30.1 Å². The molecule has 0 aliphatic carbocycles. The number of carboxylic acid groups (broad SMARTS) is 1. The number of carbonyl (C=O) groups excluding carboxylic acids is 1. The molecular formula is C14H18FN3O3. The second-order valence-electron chi connectivity index (χ2n) is 4.99. The summed E-state index contributed by atoms with van der Waals surface area (Å²) in [6, 6.07) is 6.13. The maximum atomic E-state index is 13.3. The molecule has 0 aromatic heterocycles. The molecule has 1 aliphatic heterocycles. The molecule has 7 heteroatoms. The van der Waals surface area contributed by atoms with Crippen molar-refractivity contribution in [3.8, 4) is 0 Å². The first-order chi connectivity index (χ1) is 10.0. The molecule has 1 heterocycles. The number of hydrogen-bond acceptors (Lipinski definition) is 4. The smallest absolute Gasteiger partial charge is 0.408 e. The number of amides is 1. The van der Waals surface area contributed by atoms with Gasteiger partial charge in [0, 0.05) is 25.2 Å². The van der Waals surface area contributed by atoms with Crippen LogP contribution in [0.25, 0.3) is 0 Å². The average Bonchev–Trinajstić information content (AvgIpc) is 2.47. The van der Waals surface area contributed by atoms with Crippen molar-refractivity contribution >= 4 is 18.1 Å². The minimum Gasteiger partial charge on any atom is -0.465 e. The number of hydrogen-bond donors (Lipinski definition) is 2. The predicted octanol–water partition coefficient (Wildman–Crippen LogP) is 1.13. The van der Waals surface area contributed by atoms with Gasteiger partial charge in [0.15, 0.2) is 0 Å². The van der Waals surface area contributed by atoms with E-state index in [2.05, 4.69) is 5.32 Å². The molecule has 0 bridgehead atoms. The summed E-state index contributed by atoms with van der Waals surface area (Å²) in [5.74, 6) is -0.349. The van der Waals surface area contributed by atoms with Crippen LogP contribution in [-0.2, 0) is 4.79 Å². The van der Waals surface area contributed by atoms with Crippen LogP contribution in [0.4, 0.5) is 14.9 Å². The van der Waals surface area contributed by atoms with Crippen LogP contribution in [0.1, 0.15) is 6.42 Å². The number of aldehydes is 1. The summed E-state index contributed by atoms with van der Waals surface area (Å²) < 4.78 is 13.3. The molecule has 2 rings (SSSR count). The molecule has 1 aromatic carbocycles. The van der Waals surface area contributed by atoms with Crippen molar-refractivity contribution in [2.75, 3.05) is 31.6 Å². The SMILES string of the molecule is CNC1(CC=O)CN(c2cccc(F)c2)CCN1C(=O)O. The highest BCUT2D eigenvalue weighted by atomic mass is 19.1. The Bertz CT molecular complexity index is 540. The van der Waals surface area contributed by atoms with E-state index in [1.165, 1.54) is 17.0 Å². The third-order valence-corrected chi connectivity index (χ3v) is 3.85.